The molecule has 0 aromatic carbocycles. The van der Waals surface area contributed by atoms with E-state index in [-0.39, 0.29) is 23.4 Å². The second kappa shape index (κ2) is 8.24. The molecule has 2 aliphatic rings. The SMILES string of the molecule is C=C1C(=O)O[C@H]2[C@H](C)[C@@H](C)CCCC(C)CCCC(C)(C)[C@H](O)C[C@@H]12. The third kappa shape index (κ3) is 4.87. The Morgan fingerprint density at radius 1 is 1.12 bits per heavy atom. The average Bonchev–Trinajstić information content (AvgIpc) is 2.81. The van der Waals surface area contributed by atoms with E-state index in [1.807, 2.05) is 0 Å². The molecule has 0 radical (unpaired) electrons. The van der Waals surface area contributed by atoms with Gasteiger partial charge >= 0.3 is 5.97 Å². The summed E-state index contributed by atoms with van der Waals surface area (Å²) >= 11 is 0. The molecule has 0 bridgehead atoms. The van der Waals surface area contributed by atoms with E-state index in [0.717, 1.165) is 18.8 Å². The van der Waals surface area contributed by atoms with Gasteiger partial charge in [-0.3, -0.25) is 0 Å². The summed E-state index contributed by atoms with van der Waals surface area (Å²) in [5.41, 5.74) is 0.412. The number of ether oxygens (including phenoxy) is 1. The Kier molecular flexibility index (Phi) is 6.75. The number of carbonyl (C=O) groups is 1. The maximum absolute atomic E-state index is 12.1. The second-order valence-corrected chi connectivity index (χ2v) is 9.51. The largest absolute Gasteiger partial charge is 0.458 e. The molecule has 3 nitrogen and oxygen atoms in total. The molecule has 1 saturated heterocycles. The molecule has 1 saturated carbocycles. The standard InChI is InChI=1S/C22H38O3/c1-14-9-7-11-15(2)16(3)20-18(17(4)21(24)25-20)13-19(23)22(5,6)12-8-10-14/h14-16,18-20,23H,4,7-13H2,1-3,5-6H3/t14?,15-,16+,18-,19+,20-/m0/s1. The highest BCUT2D eigenvalue weighted by Crippen LogP contribution is 2.42. The van der Waals surface area contributed by atoms with Crippen LogP contribution >= 0.6 is 0 Å². The van der Waals surface area contributed by atoms with Crippen LogP contribution in [0.15, 0.2) is 12.2 Å². The fraction of sp³-hybridized carbons (Fsp3) is 0.864. The minimum absolute atomic E-state index is 0.0545. The van der Waals surface area contributed by atoms with E-state index in [9.17, 15) is 9.90 Å². The van der Waals surface area contributed by atoms with Gasteiger partial charge in [0.15, 0.2) is 0 Å². The minimum atomic E-state index is -0.438. The Morgan fingerprint density at radius 3 is 2.44 bits per heavy atom. The van der Waals surface area contributed by atoms with E-state index < -0.39 is 6.10 Å². The summed E-state index contributed by atoms with van der Waals surface area (Å²) in [7, 11) is 0. The molecule has 1 N–H and O–H groups in total. The van der Waals surface area contributed by atoms with Crippen molar-refractivity contribution in [2.24, 2.45) is 29.1 Å². The van der Waals surface area contributed by atoms with Crippen LogP contribution in [0.1, 0.15) is 79.6 Å². The number of aliphatic hydroxyl groups is 1. The molecule has 1 unspecified atom stereocenters. The molecule has 144 valence electrons. The molecule has 0 aromatic rings. The zero-order valence-electron chi connectivity index (χ0n) is 16.9. The fourth-order valence-electron chi connectivity index (χ4n) is 4.53. The van der Waals surface area contributed by atoms with Gasteiger partial charge < -0.3 is 9.84 Å². The van der Waals surface area contributed by atoms with Crippen molar-refractivity contribution in [1.82, 2.24) is 0 Å². The highest BCUT2D eigenvalue weighted by atomic mass is 16.6. The van der Waals surface area contributed by atoms with Crippen molar-refractivity contribution in [2.75, 3.05) is 0 Å². The molecule has 25 heavy (non-hydrogen) atoms. The lowest BCUT2D eigenvalue weighted by molar-refractivity contribution is -0.142. The van der Waals surface area contributed by atoms with Gasteiger partial charge in [0.25, 0.3) is 0 Å². The quantitative estimate of drug-likeness (QED) is 0.487. The van der Waals surface area contributed by atoms with Crippen LogP contribution < -0.4 is 0 Å². The molecule has 1 aliphatic heterocycles. The number of rotatable bonds is 0. The molecule has 0 spiro atoms. The first-order valence-electron chi connectivity index (χ1n) is 10.2. The van der Waals surface area contributed by atoms with Crippen LogP contribution in [-0.4, -0.2) is 23.3 Å². The van der Waals surface area contributed by atoms with E-state index in [1.165, 1.54) is 25.7 Å². The smallest absolute Gasteiger partial charge is 0.334 e. The van der Waals surface area contributed by atoms with Crippen LogP contribution in [-0.2, 0) is 9.53 Å². The van der Waals surface area contributed by atoms with Crippen molar-refractivity contribution < 1.29 is 14.6 Å². The van der Waals surface area contributed by atoms with E-state index in [4.69, 9.17) is 4.74 Å². The van der Waals surface area contributed by atoms with Gasteiger partial charge in [-0.2, -0.15) is 0 Å². The second-order valence-electron chi connectivity index (χ2n) is 9.51. The lowest BCUT2D eigenvalue weighted by Crippen LogP contribution is -2.36. The molecule has 0 amide bonds. The first-order chi connectivity index (χ1) is 11.6. The van der Waals surface area contributed by atoms with Crippen LogP contribution in [0.3, 0.4) is 0 Å². The number of hydrogen-bond donors (Lipinski definition) is 1. The Hall–Kier alpha value is -0.830. The zero-order chi connectivity index (χ0) is 18.8. The normalized spacial score (nSPS) is 40.9. The zero-order valence-corrected chi connectivity index (χ0v) is 16.9. The summed E-state index contributed by atoms with van der Waals surface area (Å²) in [5, 5.41) is 10.9. The van der Waals surface area contributed by atoms with Crippen LogP contribution in [0, 0.1) is 29.1 Å². The number of aliphatic hydroxyl groups excluding tert-OH is 1. The van der Waals surface area contributed by atoms with Gasteiger partial charge in [0.05, 0.1) is 6.10 Å². The summed E-state index contributed by atoms with van der Waals surface area (Å²) in [5.74, 6) is 1.22. The van der Waals surface area contributed by atoms with Gasteiger partial charge in [-0.15, -0.1) is 0 Å². The van der Waals surface area contributed by atoms with Crippen LogP contribution in [0.5, 0.6) is 0 Å². The summed E-state index contributed by atoms with van der Waals surface area (Å²) in [6.45, 7) is 15.1. The van der Waals surface area contributed by atoms with E-state index in [1.54, 1.807) is 0 Å². The van der Waals surface area contributed by atoms with Crippen molar-refractivity contribution in [3.8, 4) is 0 Å². The van der Waals surface area contributed by atoms with E-state index >= 15 is 0 Å². The van der Waals surface area contributed by atoms with Gasteiger partial charge in [0, 0.05) is 11.5 Å². The topological polar surface area (TPSA) is 46.5 Å². The van der Waals surface area contributed by atoms with Crippen LogP contribution in [0.4, 0.5) is 0 Å². The lowest BCUT2D eigenvalue weighted by atomic mass is 9.72. The molecule has 2 fully saturated rings. The van der Waals surface area contributed by atoms with Gasteiger partial charge in [0.1, 0.15) is 6.10 Å². The molecular formula is C22H38O3. The predicted octanol–water partition coefficient (Wildman–Crippen LogP) is 5.12. The van der Waals surface area contributed by atoms with Crippen molar-refractivity contribution in [3.63, 3.8) is 0 Å². The molecule has 1 aliphatic carbocycles. The van der Waals surface area contributed by atoms with Gasteiger partial charge in [-0.1, -0.05) is 73.3 Å². The monoisotopic (exact) mass is 350 g/mol. The van der Waals surface area contributed by atoms with Gasteiger partial charge in [0.2, 0.25) is 0 Å². The van der Waals surface area contributed by atoms with Crippen LogP contribution in [0.2, 0.25) is 0 Å². The highest BCUT2D eigenvalue weighted by molar-refractivity contribution is 5.90. The molecule has 6 atom stereocenters. The van der Waals surface area contributed by atoms with Crippen molar-refractivity contribution in [3.05, 3.63) is 12.2 Å². The first kappa shape index (κ1) is 20.5. The summed E-state index contributed by atoms with van der Waals surface area (Å²) in [6, 6.07) is 0. The third-order valence-electron chi connectivity index (χ3n) is 7.02. The van der Waals surface area contributed by atoms with Gasteiger partial charge in [-0.05, 0) is 36.0 Å². The van der Waals surface area contributed by atoms with E-state index in [2.05, 4.69) is 41.2 Å². The summed E-state index contributed by atoms with van der Waals surface area (Å²) < 4.78 is 5.71. The van der Waals surface area contributed by atoms with Crippen LogP contribution in [0.25, 0.3) is 0 Å². The number of hydrogen-bond acceptors (Lipinski definition) is 3. The lowest BCUT2D eigenvalue weighted by Gasteiger charge is -2.35. The Labute approximate surface area is 154 Å². The molecular weight excluding hydrogens is 312 g/mol. The number of fused-ring (bicyclic) bond motifs is 1. The fourth-order valence-corrected chi connectivity index (χ4v) is 4.53. The maximum atomic E-state index is 12.1. The van der Waals surface area contributed by atoms with Crippen molar-refractivity contribution in [2.45, 2.75) is 91.8 Å². The maximum Gasteiger partial charge on any atom is 0.334 e. The predicted molar refractivity (Wildman–Crippen MR) is 102 cm³/mol. The Balaban J connectivity index is 2.22. The summed E-state index contributed by atoms with van der Waals surface area (Å²) in [6.07, 6.45) is 7.09. The average molecular weight is 351 g/mol. The molecule has 0 aromatic heterocycles. The summed E-state index contributed by atoms with van der Waals surface area (Å²) in [4.78, 5) is 12.1. The molecule has 1 heterocycles. The first-order valence-corrected chi connectivity index (χ1v) is 10.2. The highest BCUT2D eigenvalue weighted by Gasteiger charge is 2.45. The number of esters is 1. The minimum Gasteiger partial charge on any atom is -0.458 e. The third-order valence-corrected chi connectivity index (χ3v) is 7.02. The Morgan fingerprint density at radius 2 is 1.76 bits per heavy atom. The number of carbonyl (C=O) groups excluding carboxylic acids is 1. The molecule has 3 heteroatoms. The van der Waals surface area contributed by atoms with Crippen molar-refractivity contribution in [1.29, 1.82) is 0 Å². The van der Waals surface area contributed by atoms with Crippen molar-refractivity contribution >= 4 is 5.97 Å². The Bertz CT molecular complexity index is 482. The van der Waals surface area contributed by atoms with E-state index in [0.29, 0.717) is 23.8 Å². The molecule has 2 rings (SSSR count). The van der Waals surface area contributed by atoms with Gasteiger partial charge in [-0.25, -0.2) is 4.79 Å².